The van der Waals surface area contributed by atoms with E-state index >= 15 is 0 Å². The molecule has 9 heteroatoms. The molecule has 2 heterocycles. The van der Waals surface area contributed by atoms with Gasteiger partial charge in [0, 0.05) is 35.0 Å². The van der Waals surface area contributed by atoms with E-state index in [0.717, 1.165) is 35.8 Å². The van der Waals surface area contributed by atoms with Crippen LogP contribution in [0.15, 0.2) is 54.6 Å². The summed E-state index contributed by atoms with van der Waals surface area (Å²) in [4.78, 5) is 36.5. The van der Waals surface area contributed by atoms with Crippen molar-refractivity contribution in [2.45, 2.75) is 12.1 Å². The number of hydrogen-bond acceptors (Lipinski definition) is 5. The van der Waals surface area contributed by atoms with Gasteiger partial charge in [-0.05, 0) is 54.6 Å². The summed E-state index contributed by atoms with van der Waals surface area (Å²) in [6.45, 7) is 0. The largest absolute Gasteiger partial charge is 0.361 e. The molecule has 2 aromatic carbocycles. The molecule has 1 unspecified atom stereocenters. The number of amides is 3. The fourth-order valence-corrected chi connectivity index (χ4v) is 4.58. The lowest BCUT2D eigenvalue weighted by molar-refractivity contribution is -0.114. The number of halogens is 1. The van der Waals surface area contributed by atoms with Gasteiger partial charge in [0.15, 0.2) is 0 Å². The number of hydrogen-bond donors (Lipinski definition) is 4. The van der Waals surface area contributed by atoms with Crippen molar-refractivity contribution < 1.29 is 18.8 Å². The van der Waals surface area contributed by atoms with Crippen LogP contribution in [0, 0.1) is 5.82 Å². The first-order valence-corrected chi connectivity index (χ1v) is 10.5. The van der Waals surface area contributed by atoms with Gasteiger partial charge in [-0.2, -0.15) is 11.8 Å². The number of carbonyl (C=O) groups is 3. The van der Waals surface area contributed by atoms with Crippen LogP contribution in [0.5, 0.6) is 0 Å². The first-order valence-electron chi connectivity index (χ1n) is 9.31. The highest BCUT2D eigenvalue weighted by Gasteiger charge is 2.40. The van der Waals surface area contributed by atoms with Crippen molar-refractivity contribution in [2.24, 2.45) is 0 Å². The van der Waals surface area contributed by atoms with Crippen LogP contribution in [-0.2, 0) is 9.59 Å². The van der Waals surface area contributed by atoms with E-state index in [9.17, 15) is 18.8 Å². The zero-order chi connectivity index (χ0) is 21.1. The van der Waals surface area contributed by atoms with E-state index in [-0.39, 0.29) is 5.91 Å². The van der Waals surface area contributed by atoms with Gasteiger partial charge in [-0.1, -0.05) is 0 Å². The highest BCUT2D eigenvalue weighted by atomic mass is 32.2. The summed E-state index contributed by atoms with van der Waals surface area (Å²) >= 11 is 1.79. The van der Waals surface area contributed by atoms with E-state index in [0.29, 0.717) is 16.9 Å². The monoisotopic (exact) mass is 426 g/mol. The maximum Gasteiger partial charge on any atom is 0.255 e. The number of carbonyl (C=O) groups excluding carboxylic acids is 3. The van der Waals surface area contributed by atoms with Crippen LogP contribution in [0.2, 0.25) is 0 Å². The fourth-order valence-electron chi connectivity index (χ4n) is 3.31. The van der Waals surface area contributed by atoms with Crippen molar-refractivity contribution in [2.75, 3.05) is 27.5 Å². The Labute approximate surface area is 176 Å². The maximum atomic E-state index is 12.9. The minimum Gasteiger partial charge on any atom is -0.361 e. The summed E-state index contributed by atoms with van der Waals surface area (Å²) in [6, 6.07) is 10.3. The molecule has 1 saturated heterocycles. The molecule has 1 atom stereocenters. The molecule has 0 aliphatic carbocycles. The molecule has 0 saturated carbocycles. The molecule has 3 amide bonds. The number of thioether (sulfide) groups is 1. The van der Waals surface area contributed by atoms with E-state index in [4.69, 9.17) is 0 Å². The summed E-state index contributed by atoms with van der Waals surface area (Å²) in [6.07, 6.45) is 3.01. The molecule has 0 radical (unpaired) electrons. The molecular weight excluding hydrogens is 407 g/mol. The van der Waals surface area contributed by atoms with Crippen LogP contribution >= 0.6 is 11.8 Å². The number of rotatable bonds is 4. The third-order valence-corrected chi connectivity index (χ3v) is 5.97. The van der Waals surface area contributed by atoms with Gasteiger partial charge in [-0.15, -0.1) is 0 Å². The molecule has 0 bridgehead atoms. The minimum absolute atomic E-state index is 0.184. The molecule has 1 fully saturated rings. The maximum absolute atomic E-state index is 12.9. The van der Waals surface area contributed by atoms with Crippen LogP contribution < -0.4 is 21.3 Å². The summed E-state index contributed by atoms with van der Waals surface area (Å²) in [5.41, 5.74) is 1.64. The van der Waals surface area contributed by atoms with Crippen LogP contribution in [0.4, 0.5) is 21.5 Å². The molecule has 30 heavy (non-hydrogen) atoms. The fraction of sp³-hybridized carbons (Fsp3) is 0.190. The zero-order valence-corrected chi connectivity index (χ0v) is 16.6. The van der Waals surface area contributed by atoms with E-state index in [1.54, 1.807) is 30.0 Å². The second kappa shape index (κ2) is 8.19. The Morgan fingerprint density at radius 3 is 2.33 bits per heavy atom. The van der Waals surface area contributed by atoms with Crippen LogP contribution in [0.1, 0.15) is 16.8 Å². The molecule has 154 valence electrons. The van der Waals surface area contributed by atoms with Crippen molar-refractivity contribution in [3.63, 3.8) is 0 Å². The first-order chi connectivity index (χ1) is 14.4. The Morgan fingerprint density at radius 1 is 1.00 bits per heavy atom. The Bertz CT molecular complexity index is 1030. The van der Waals surface area contributed by atoms with Gasteiger partial charge in [-0.25, -0.2) is 4.39 Å². The van der Waals surface area contributed by atoms with E-state index < -0.39 is 23.3 Å². The smallest absolute Gasteiger partial charge is 0.255 e. The standard InChI is InChI=1S/C21H19FN4O3S/c22-13-1-3-14(4-2-13)23-18(27)7-8-19(28)24-15-5-6-17-16(11-15)20(29)26-21(25-17)9-10-30-12-21/h1-8,11,25H,9-10,12H2,(H,23,27)(H,24,28)(H,26,29)/b8-7+. The van der Waals surface area contributed by atoms with Gasteiger partial charge in [0.2, 0.25) is 11.8 Å². The van der Waals surface area contributed by atoms with Gasteiger partial charge in [-0.3, -0.25) is 14.4 Å². The molecule has 4 rings (SSSR count). The van der Waals surface area contributed by atoms with E-state index in [1.807, 2.05) is 0 Å². The molecule has 0 aromatic heterocycles. The lowest BCUT2D eigenvalue weighted by Gasteiger charge is -2.37. The summed E-state index contributed by atoms with van der Waals surface area (Å²) in [5.74, 6) is 0.160. The SMILES string of the molecule is O=C(/C=C/C(=O)Nc1ccc2c(c1)C(=O)NC1(CCSC1)N2)Nc1ccc(F)cc1. The predicted octanol–water partition coefficient (Wildman–Crippen LogP) is 2.95. The van der Waals surface area contributed by atoms with E-state index in [2.05, 4.69) is 21.3 Å². The molecule has 2 aromatic rings. The zero-order valence-electron chi connectivity index (χ0n) is 15.8. The Morgan fingerprint density at radius 2 is 1.67 bits per heavy atom. The van der Waals surface area contributed by atoms with Gasteiger partial charge in [0.05, 0.1) is 5.56 Å². The third kappa shape index (κ3) is 4.46. The Hall–Kier alpha value is -3.33. The summed E-state index contributed by atoms with van der Waals surface area (Å²) in [5, 5.41) is 11.6. The molecule has 4 N–H and O–H groups in total. The van der Waals surface area contributed by atoms with Gasteiger partial charge >= 0.3 is 0 Å². The van der Waals surface area contributed by atoms with Crippen LogP contribution in [0.3, 0.4) is 0 Å². The van der Waals surface area contributed by atoms with Crippen molar-refractivity contribution in [1.82, 2.24) is 5.32 Å². The third-order valence-electron chi connectivity index (χ3n) is 4.78. The van der Waals surface area contributed by atoms with Gasteiger partial charge in [0.25, 0.3) is 5.91 Å². The Kier molecular flexibility index (Phi) is 5.45. The van der Waals surface area contributed by atoms with Crippen molar-refractivity contribution >= 4 is 46.5 Å². The molecule has 2 aliphatic heterocycles. The van der Waals surface area contributed by atoms with Crippen LogP contribution in [0.25, 0.3) is 0 Å². The van der Waals surface area contributed by atoms with Crippen molar-refractivity contribution in [1.29, 1.82) is 0 Å². The van der Waals surface area contributed by atoms with Gasteiger partial charge < -0.3 is 21.3 Å². The normalized spacial score (nSPS) is 19.8. The van der Waals surface area contributed by atoms with Crippen molar-refractivity contribution in [3.8, 4) is 0 Å². The molecule has 1 spiro atoms. The lowest BCUT2D eigenvalue weighted by atomic mass is 10.0. The van der Waals surface area contributed by atoms with Crippen molar-refractivity contribution in [3.05, 3.63) is 66.0 Å². The van der Waals surface area contributed by atoms with Gasteiger partial charge in [0.1, 0.15) is 11.5 Å². The topological polar surface area (TPSA) is 99.3 Å². The quantitative estimate of drug-likeness (QED) is 0.564. The number of anilines is 3. The second-order valence-electron chi connectivity index (χ2n) is 7.04. The highest BCUT2D eigenvalue weighted by molar-refractivity contribution is 7.99. The van der Waals surface area contributed by atoms with E-state index in [1.165, 1.54) is 24.3 Å². The molecule has 7 nitrogen and oxygen atoms in total. The Balaban J connectivity index is 1.37. The highest BCUT2D eigenvalue weighted by Crippen LogP contribution is 2.35. The minimum atomic E-state index is -0.523. The second-order valence-corrected chi connectivity index (χ2v) is 8.15. The average molecular weight is 426 g/mol. The molecule has 2 aliphatic rings. The summed E-state index contributed by atoms with van der Waals surface area (Å²) in [7, 11) is 0. The molecular formula is C21H19FN4O3S. The summed E-state index contributed by atoms with van der Waals surface area (Å²) < 4.78 is 12.9. The van der Waals surface area contributed by atoms with Crippen LogP contribution in [-0.4, -0.2) is 34.9 Å². The number of benzene rings is 2. The average Bonchev–Trinajstić information content (AvgIpc) is 3.16. The number of fused-ring (bicyclic) bond motifs is 1. The predicted molar refractivity (Wildman–Crippen MR) is 115 cm³/mol. The first kappa shape index (κ1) is 20.0. The lowest BCUT2D eigenvalue weighted by Crippen LogP contribution is -2.57. The number of nitrogens with one attached hydrogen (secondary N) is 4.